The Balaban J connectivity index is 2.41. The monoisotopic (exact) mass is 236 g/mol. The number of aryl methyl sites for hydroxylation is 2. The maximum atomic E-state index is 8.94. The summed E-state index contributed by atoms with van der Waals surface area (Å²) in [7, 11) is 2.02. The van der Waals surface area contributed by atoms with Crippen molar-refractivity contribution in [1.82, 2.24) is 0 Å². The van der Waals surface area contributed by atoms with Crippen LogP contribution in [0.1, 0.15) is 16.7 Å². The van der Waals surface area contributed by atoms with Crippen molar-refractivity contribution in [3.05, 3.63) is 59.2 Å². The summed E-state index contributed by atoms with van der Waals surface area (Å²) < 4.78 is 0. The maximum Gasteiger partial charge on any atom is 0.0992 e. The first-order valence-electron chi connectivity index (χ1n) is 5.93. The van der Waals surface area contributed by atoms with E-state index in [9.17, 15) is 0 Å². The van der Waals surface area contributed by atoms with Gasteiger partial charge in [0.15, 0.2) is 0 Å². The second kappa shape index (κ2) is 4.93. The maximum absolute atomic E-state index is 8.94. The fourth-order valence-electron chi connectivity index (χ4n) is 2.10. The second-order valence-electron chi connectivity index (χ2n) is 4.51. The number of rotatable bonds is 2. The van der Waals surface area contributed by atoms with E-state index in [4.69, 9.17) is 5.26 Å². The normalized spacial score (nSPS) is 9.89. The van der Waals surface area contributed by atoms with Gasteiger partial charge < -0.3 is 4.90 Å². The Labute approximate surface area is 108 Å². The van der Waals surface area contributed by atoms with Gasteiger partial charge in [0, 0.05) is 18.4 Å². The molecule has 0 atom stereocenters. The molecule has 18 heavy (non-hydrogen) atoms. The van der Waals surface area contributed by atoms with Crippen molar-refractivity contribution in [2.24, 2.45) is 0 Å². The highest BCUT2D eigenvalue weighted by atomic mass is 15.1. The van der Waals surface area contributed by atoms with E-state index in [-0.39, 0.29) is 0 Å². The molecule has 2 rings (SSSR count). The van der Waals surface area contributed by atoms with E-state index in [2.05, 4.69) is 43.0 Å². The topological polar surface area (TPSA) is 27.0 Å². The number of benzene rings is 2. The molecule has 0 aliphatic carbocycles. The van der Waals surface area contributed by atoms with E-state index in [0.717, 1.165) is 11.4 Å². The van der Waals surface area contributed by atoms with Gasteiger partial charge in [0.1, 0.15) is 0 Å². The summed E-state index contributed by atoms with van der Waals surface area (Å²) in [6.45, 7) is 4.19. The molecule has 2 aromatic rings. The Morgan fingerprint density at radius 3 is 2.50 bits per heavy atom. The van der Waals surface area contributed by atoms with Crippen molar-refractivity contribution in [3.8, 4) is 6.07 Å². The third-order valence-corrected chi connectivity index (χ3v) is 3.08. The Kier molecular flexibility index (Phi) is 3.34. The van der Waals surface area contributed by atoms with Gasteiger partial charge in [0.2, 0.25) is 0 Å². The summed E-state index contributed by atoms with van der Waals surface area (Å²) in [5.74, 6) is 0. The molecule has 2 aromatic carbocycles. The Morgan fingerprint density at radius 1 is 1.06 bits per heavy atom. The van der Waals surface area contributed by atoms with Crippen LogP contribution >= 0.6 is 0 Å². The van der Waals surface area contributed by atoms with E-state index < -0.39 is 0 Å². The third kappa shape index (κ3) is 2.36. The van der Waals surface area contributed by atoms with Gasteiger partial charge >= 0.3 is 0 Å². The molecule has 0 saturated heterocycles. The highest BCUT2D eigenvalue weighted by molar-refractivity contribution is 5.67. The van der Waals surface area contributed by atoms with Gasteiger partial charge in [-0.2, -0.15) is 5.26 Å². The average molecular weight is 236 g/mol. The fourth-order valence-corrected chi connectivity index (χ4v) is 2.10. The molecular formula is C16H16N2. The molecule has 90 valence electrons. The van der Waals surface area contributed by atoms with Crippen LogP contribution in [-0.2, 0) is 0 Å². The molecule has 0 unspecified atom stereocenters. The average Bonchev–Trinajstić information content (AvgIpc) is 2.38. The molecule has 0 aliphatic rings. The molecular weight excluding hydrogens is 220 g/mol. The Morgan fingerprint density at radius 2 is 1.83 bits per heavy atom. The molecule has 0 N–H and O–H groups in total. The largest absolute Gasteiger partial charge is 0.344 e. The Bertz CT molecular complexity index is 609. The third-order valence-electron chi connectivity index (χ3n) is 3.08. The van der Waals surface area contributed by atoms with Crippen LogP contribution in [0.4, 0.5) is 11.4 Å². The van der Waals surface area contributed by atoms with E-state index in [1.54, 1.807) is 0 Å². The molecule has 0 amide bonds. The van der Waals surface area contributed by atoms with E-state index >= 15 is 0 Å². The summed E-state index contributed by atoms with van der Waals surface area (Å²) in [5, 5.41) is 8.94. The summed E-state index contributed by atoms with van der Waals surface area (Å²) in [5.41, 5.74) is 5.37. The lowest BCUT2D eigenvalue weighted by atomic mass is 10.1. The van der Waals surface area contributed by atoms with Gasteiger partial charge in [-0.25, -0.2) is 0 Å². The molecule has 0 aromatic heterocycles. The molecule has 2 nitrogen and oxygen atoms in total. The second-order valence-corrected chi connectivity index (χ2v) is 4.51. The SMILES string of the molecule is Cc1ccc(N(C)c2cccc(C#N)c2)c(C)c1. The van der Waals surface area contributed by atoms with E-state index in [1.165, 1.54) is 11.1 Å². The van der Waals surface area contributed by atoms with Crippen LogP contribution in [0.15, 0.2) is 42.5 Å². The van der Waals surface area contributed by atoms with Crippen LogP contribution < -0.4 is 4.90 Å². The van der Waals surface area contributed by atoms with Crippen molar-refractivity contribution >= 4 is 11.4 Å². The number of hydrogen-bond acceptors (Lipinski definition) is 2. The van der Waals surface area contributed by atoms with Crippen molar-refractivity contribution in [3.63, 3.8) is 0 Å². The number of hydrogen-bond donors (Lipinski definition) is 0. The van der Waals surface area contributed by atoms with Crippen LogP contribution in [0.25, 0.3) is 0 Å². The number of nitriles is 1. The quantitative estimate of drug-likeness (QED) is 0.789. The molecule has 0 aliphatic heterocycles. The highest BCUT2D eigenvalue weighted by Gasteiger charge is 2.07. The first-order valence-corrected chi connectivity index (χ1v) is 5.93. The molecule has 0 spiro atoms. The number of nitrogens with zero attached hydrogens (tertiary/aromatic N) is 2. The molecule has 0 saturated carbocycles. The van der Waals surface area contributed by atoms with Gasteiger partial charge in [-0.3, -0.25) is 0 Å². The molecule has 0 bridgehead atoms. The van der Waals surface area contributed by atoms with E-state index in [0.29, 0.717) is 5.56 Å². The van der Waals surface area contributed by atoms with Gasteiger partial charge in [-0.05, 0) is 43.7 Å². The molecule has 0 radical (unpaired) electrons. The zero-order chi connectivity index (χ0) is 13.1. The minimum Gasteiger partial charge on any atom is -0.344 e. The first kappa shape index (κ1) is 12.2. The smallest absolute Gasteiger partial charge is 0.0992 e. The zero-order valence-electron chi connectivity index (χ0n) is 10.9. The summed E-state index contributed by atoms with van der Waals surface area (Å²) in [6.07, 6.45) is 0. The lowest BCUT2D eigenvalue weighted by Gasteiger charge is -2.22. The first-order chi connectivity index (χ1) is 8.61. The van der Waals surface area contributed by atoms with Crippen LogP contribution in [0.5, 0.6) is 0 Å². The van der Waals surface area contributed by atoms with Crippen molar-refractivity contribution in [2.45, 2.75) is 13.8 Å². The lowest BCUT2D eigenvalue weighted by molar-refractivity contribution is 1.18. The van der Waals surface area contributed by atoms with Gasteiger partial charge in [-0.1, -0.05) is 23.8 Å². The van der Waals surface area contributed by atoms with Crippen LogP contribution in [0.2, 0.25) is 0 Å². The van der Waals surface area contributed by atoms with Crippen molar-refractivity contribution < 1.29 is 0 Å². The van der Waals surface area contributed by atoms with E-state index in [1.807, 2.05) is 31.3 Å². The summed E-state index contributed by atoms with van der Waals surface area (Å²) in [4.78, 5) is 2.11. The molecule has 0 heterocycles. The number of anilines is 2. The molecule has 0 fully saturated rings. The van der Waals surface area contributed by atoms with Crippen molar-refractivity contribution in [2.75, 3.05) is 11.9 Å². The highest BCUT2D eigenvalue weighted by Crippen LogP contribution is 2.27. The van der Waals surface area contributed by atoms with Crippen LogP contribution in [0, 0.1) is 25.2 Å². The predicted molar refractivity (Wildman–Crippen MR) is 75.1 cm³/mol. The van der Waals surface area contributed by atoms with Gasteiger partial charge in [0.25, 0.3) is 0 Å². The van der Waals surface area contributed by atoms with Crippen LogP contribution in [-0.4, -0.2) is 7.05 Å². The lowest BCUT2D eigenvalue weighted by Crippen LogP contribution is -2.11. The Hall–Kier alpha value is -2.27. The minimum atomic E-state index is 0.684. The standard InChI is InChI=1S/C16H16N2/c1-12-7-8-16(13(2)9-12)18(3)15-6-4-5-14(10-15)11-17/h4-10H,1-3H3. The summed E-state index contributed by atoms with van der Waals surface area (Å²) in [6, 6.07) is 16.2. The van der Waals surface area contributed by atoms with Gasteiger partial charge in [0.05, 0.1) is 11.6 Å². The fraction of sp³-hybridized carbons (Fsp3) is 0.188. The molecule has 2 heteroatoms. The predicted octanol–water partition coefficient (Wildman–Crippen LogP) is 3.94. The van der Waals surface area contributed by atoms with Gasteiger partial charge in [-0.15, -0.1) is 0 Å². The minimum absolute atomic E-state index is 0.684. The van der Waals surface area contributed by atoms with Crippen molar-refractivity contribution in [1.29, 1.82) is 5.26 Å². The van der Waals surface area contributed by atoms with Crippen LogP contribution in [0.3, 0.4) is 0 Å². The summed E-state index contributed by atoms with van der Waals surface area (Å²) >= 11 is 0. The zero-order valence-corrected chi connectivity index (χ0v) is 10.9.